The lowest BCUT2D eigenvalue weighted by molar-refractivity contribution is -0.121. The van der Waals surface area contributed by atoms with Gasteiger partial charge in [0.05, 0.1) is 5.69 Å². The Balaban J connectivity index is 2.24. The van der Waals surface area contributed by atoms with Crippen molar-refractivity contribution in [1.82, 2.24) is 9.13 Å². The lowest BCUT2D eigenvalue weighted by Gasteiger charge is -2.25. The highest BCUT2D eigenvalue weighted by atomic mass is 16.5. The molecule has 1 amide bonds. The Labute approximate surface area is 124 Å². The van der Waals surface area contributed by atoms with Crippen molar-refractivity contribution in [3.8, 4) is 11.4 Å². The van der Waals surface area contributed by atoms with Gasteiger partial charge in [-0.05, 0) is 25.1 Å². The molecule has 3 rings (SSSR count). The molecule has 0 aliphatic carbocycles. The van der Waals surface area contributed by atoms with Gasteiger partial charge in [0.1, 0.15) is 11.4 Å². The van der Waals surface area contributed by atoms with Crippen molar-refractivity contribution in [3.05, 3.63) is 50.8 Å². The van der Waals surface area contributed by atoms with Crippen LogP contribution in [-0.4, -0.2) is 21.6 Å². The molecule has 1 aromatic carbocycles. The molecule has 2 heterocycles. The second-order valence-electron chi connectivity index (χ2n) is 5.01. The summed E-state index contributed by atoms with van der Waals surface area (Å²) in [6.07, 6.45) is 0. The molecule has 2 aromatic rings. The Morgan fingerprint density at radius 2 is 1.91 bits per heavy atom. The third-order valence-corrected chi connectivity index (χ3v) is 3.64. The highest BCUT2D eigenvalue weighted by Gasteiger charge is 2.24. The second kappa shape index (κ2) is 4.85. The van der Waals surface area contributed by atoms with Crippen molar-refractivity contribution < 1.29 is 9.53 Å². The zero-order valence-electron chi connectivity index (χ0n) is 12.1. The van der Waals surface area contributed by atoms with E-state index in [2.05, 4.69) is 0 Å². The second-order valence-corrected chi connectivity index (χ2v) is 5.01. The van der Waals surface area contributed by atoms with Crippen LogP contribution in [0.4, 0.5) is 5.69 Å². The number of ether oxygens (including phenoxy) is 1. The van der Waals surface area contributed by atoms with Crippen molar-refractivity contribution in [1.29, 1.82) is 0 Å². The van der Waals surface area contributed by atoms with E-state index in [9.17, 15) is 14.4 Å². The molecular formula is C14H14N4O4. The van der Waals surface area contributed by atoms with Gasteiger partial charge >= 0.3 is 5.69 Å². The number of anilines is 1. The number of hydrogen-bond acceptors (Lipinski definition) is 5. The van der Waals surface area contributed by atoms with Crippen molar-refractivity contribution in [2.24, 2.45) is 12.9 Å². The van der Waals surface area contributed by atoms with E-state index in [0.29, 0.717) is 22.8 Å². The average molecular weight is 302 g/mol. The summed E-state index contributed by atoms with van der Waals surface area (Å²) in [6.45, 7) is 1.53. The molecule has 8 nitrogen and oxygen atoms in total. The maximum atomic E-state index is 12.3. The summed E-state index contributed by atoms with van der Waals surface area (Å²) >= 11 is 0. The SMILES string of the molecule is Cc1cc(=O)n(-c2ccc3c(c2)N(N)C(=O)CO3)c(=O)n1C. The number of fused-ring (bicyclic) bond motifs is 1. The van der Waals surface area contributed by atoms with E-state index < -0.39 is 17.2 Å². The number of amides is 1. The van der Waals surface area contributed by atoms with Crippen molar-refractivity contribution in [2.45, 2.75) is 6.92 Å². The molecule has 8 heteroatoms. The fourth-order valence-electron chi connectivity index (χ4n) is 2.27. The van der Waals surface area contributed by atoms with Crippen LogP contribution in [0, 0.1) is 6.92 Å². The number of carbonyl (C=O) groups excluding carboxylic acids is 1. The Morgan fingerprint density at radius 3 is 2.64 bits per heavy atom. The fourth-order valence-corrected chi connectivity index (χ4v) is 2.27. The summed E-state index contributed by atoms with van der Waals surface area (Å²) in [4.78, 5) is 36.0. The Hall–Kier alpha value is -2.87. The van der Waals surface area contributed by atoms with Crippen LogP contribution in [0.25, 0.3) is 5.69 Å². The number of hydrazine groups is 1. The van der Waals surface area contributed by atoms with E-state index >= 15 is 0 Å². The lowest BCUT2D eigenvalue weighted by Crippen LogP contribution is -2.44. The number of benzene rings is 1. The number of hydrogen-bond donors (Lipinski definition) is 1. The van der Waals surface area contributed by atoms with Crippen molar-refractivity contribution >= 4 is 11.6 Å². The quantitative estimate of drug-likeness (QED) is 0.562. The molecular weight excluding hydrogens is 288 g/mol. The van der Waals surface area contributed by atoms with Gasteiger partial charge in [-0.15, -0.1) is 0 Å². The van der Waals surface area contributed by atoms with Crippen LogP contribution in [0.15, 0.2) is 33.9 Å². The first-order valence-electron chi connectivity index (χ1n) is 6.54. The molecule has 1 aliphatic rings. The third kappa shape index (κ3) is 2.01. The van der Waals surface area contributed by atoms with Crippen molar-refractivity contribution in [2.75, 3.05) is 11.6 Å². The highest BCUT2D eigenvalue weighted by Crippen LogP contribution is 2.31. The van der Waals surface area contributed by atoms with Gasteiger partial charge in [-0.2, -0.15) is 0 Å². The predicted molar refractivity (Wildman–Crippen MR) is 79.2 cm³/mol. The van der Waals surface area contributed by atoms with E-state index in [1.165, 1.54) is 16.7 Å². The van der Waals surface area contributed by atoms with Crippen molar-refractivity contribution in [3.63, 3.8) is 0 Å². The number of nitrogens with zero attached hydrogens (tertiary/aromatic N) is 3. The van der Waals surface area contributed by atoms with Gasteiger partial charge in [0.15, 0.2) is 6.61 Å². The molecule has 0 saturated heterocycles. The standard InChI is InChI=1S/C14H14N4O4/c1-8-5-12(19)17(14(21)16(8)2)9-3-4-11-10(6-9)18(15)13(20)7-22-11/h3-6H,7,15H2,1-2H3. The number of nitrogens with two attached hydrogens (primary N) is 1. The topological polar surface area (TPSA) is 99.6 Å². The summed E-state index contributed by atoms with van der Waals surface area (Å²) in [5.74, 6) is 5.71. The van der Waals surface area contributed by atoms with Gasteiger partial charge in [-0.25, -0.2) is 20.2 Å². The summed E-state index contributed by atoms with van der Waals surface area (Å²) < 4.78 is 7.64. The zero-order valence-corrected chi connectivity index (χ0v) is 12.1. The van der Waals surface area contributed by atoms with E-state index in [4.69, 9.17) is 10.6 Å². The van der Waals surface area contributed by atoms with E-state index in [0.717, 1.165) is 9.58 Å². The largest absolute Gasteiger partial charge is 0.481 e. The molecule has 1 aromatic heterocycles. The van der Waals surface area contributed by atoms with Gasteiger partial charge in [0.25, 0.3) is 11.5 Å². The van der Waals surface area contributed by atoms with Gasteiger partial charge < -0.3 is 9.30 Å². The number of aromatic nitrogens is 2. The van der Waals surface area contributed by atoms with Crippen LogP contribution < -0.4 is 26.8 Å². The molecule has 0 unspecified atom stereocenters. The minimum atomic E-state index is -0.475. The van der Waals surface area contributed by atoms with E-state index in [1.54, 1.807) is 26.1 Å². The molecule has 114 valence electrons. The minimum Gasteiger partial charge on any atom is -0.481 e. The molecule has 0 saturated carbocycles. The van der Waals surface area contributed by atoms with Crippen LogP contribution >= 0.6 is 0 Å². The molecule has 1 aliphatic heterocycles. The van der Waals surface area contributed by atoms with Crippen LogP contribution in [0.2, 0.25) is 0 Å². The highest BCUT2D eigenvalue weighted by molar-refractivity contribution is 5.97. The molecule has 0 bridgehead atoms. The Bertz CT molecular complexity index is 897. The van der Waals surface area contributed by atoms with Crippen LogP contribution in [-0.2, 0) is 11.8 Å². The van der Waals surface area contributed by atoms with Gasteiger partial charge in [-0.3, -0.25) is 9.59 Å². The Morgan fingerprint density at radius 1 is 1.18 bits per heavy atom. The molecule has 0 radical (unpaired) electrons. The maximum absolute atomic E-state index is 12.3. The molecule has 22 heavy (non-hydrogen) atoms. The van der Waals surface area contributed by atoms with Gasteiger partial charge in [0.2, 0.25) is 0 Å². The third-order valence-electron chi connectivity index (χ3n) is 3.64. The average Bonchev–Trinajstić information content (AvgIpc) is 2.49. The number of carbonyl (C=O) groups is 1. The first-order valence-corrected chi connectivity index (χ1v) is 6.54. The van der Waals surface area contributed by atoms with Gasteiger partial charge in [0, 0.05) is 18.8 Å². The number of rotatable bonds is 1. The van der Waals surface area contributed by atoms with Crippen LogP contribution in [0.3, 0.4) is 0 Å². The summed E-state index contributed by atoms with van der Waals surface area (Å²) in [6, 6.07) is 5.98. The minimum absolute atomic E-state index is 0.144. The van der Waals surface area contributed by atoms with E-state index in [-0.39, 0.29) is 6.61 Å². The van der Waals surface area contributed by atoms with Crippen LogP contribution in [0.1, 0.15) is 5.69 Å². The maximum Gasteiger partial charge on any atom is 0.335 e. The lowest BCUT2D eigenvalue weighted by atomic mass is 10.2. The molecule has 2 N–H and O–H groups in total. The molecule has 0 atom stereocenters. The summed E-state index contributed by atoms with van der Waals surface area (Å²) in [5.41, 5.74) is 0.258. The number of aryl methyl sites for hydroxylation is 1. The summed E-state index contributed by atoms with van der Waals surface area (Å²) in [5, 5.41) is 0.950. The normalized spacial score (nSPS) is 13.8. The predicted octanol–water partition coefficient (Wildman–Crippen LogP) is -0.556. The monoisotopic (exact) mass is 302 g/mol. The van der Waals surface area contributed by atoms with E-state index in [1.807, 2.05) is 0 Å². The van der Waals surface area contributed by atoms with Crippen LogP contribution in [0.5, 0.6) is 5.75 Å². The zero-order chi connectivity index (χ0) is 16.0. The molecule has 0 fully saturated rings. The first-order chi connectivity index (χ1) is 10.4. The first kappa shape index (κ1) is 14.1. The summed E-state index contributed by atoms with van der Waals surface area (Å²) in [7, 11) is 1.58. The molecule has 0 spiro atoms. The Kier molecular flexibility index (Phi) is 3.10. The van der Waals surface area contributed by atoms with Gasteiger partial charge in [-0.1, -0.05) is 0 Å². The smallest absolute Gasteiger partial charge is 0.335 e. The fraction of sp³-hybridized carbons (Fsp3) is 0.214.